The number of amides is 1. The summed E-state index contributed by atoms with van der Waals surface area (Å²) in [6, 6.07) is 18.5. The number of ether oxygens (including phenoxy) is 2. The van der Waals surface area contributed by atoms with Crippen LogP contribution in [0.5, 0.6) is 5.88 Å². The fraction of sp³-hybridized carbons (Fsp3) is 0.243. The molecule has 8 rings (SSSR count). The Morgan fingerprint density at radius 1 is 1.08 bits per heavy atom. The van der Waals surface area contributed by atoms with Crippen LogP contribution in [0.4, 0.5) is 14.5 Å². The fourth-order valence-corrected chi connectivity index (χ4v) is 6.47. The highest BCUT2D eigenvalue weighted by Gasteiger charge is 2.24. The molecule has 0 radical (unpaired) electrons. The van der Waals surface area contributed by atoms with E-state index in [1.54, 1.807) is 30.3 Å². The van der Waals surface area contributed by atoms with E-state index in [9.17, 15) is 13.6 Å². The second-order valence-corrected chi connectivity index (χ2v) is 12.9. The number of halogens is 3. The molecule has 254 valence electrons. The summed E-state index contributed by atoms with van der Waals surface area (Å²) < 4.78 is 42.5. The summed E-state index contributed by atoms with van der Waals surface area (Å²) in [5, 5.41) is 10.2. The fourth-order valence-electron chi connectivity index (χ4n) is 6.31. The van der Waals surface area contributed by atoms with Gasteiger partial charge in [0.05, 0.1) is 42.1 Å². The molecule has 0 saturated carbocycles. The number of benzene rings is 3. The first kappa shape index (κ1) is 32.1. The van der Waals surface area contributed by atoms with E-state index in [1.165, 1.54) is 18.3 Å². The zero-order valence-electron chi connectivity index (χ0n) is 26.8. The van der Waals surface area contributed by atoms with Crippen LogP contribution in [-0.2, 0) is 24.4 Å². The van der Waals surface area contributed by atoms with Gasteiger partial charge in [0.1, 0.15) is 29.6 Å². The molecule has 2 aliphatic heterocycles. The Kier molecular flexibility index (Phi) is 8.73. The smallest absolute Gasteiger partial charge is 0.255 e. The van der Waals surface area contributed by atoms with Gasteiger partial charge in [-0.3, -0.25) is 14.8 Å². The molecular formula is C37H32ClF2N7O3. The lowest BCUT2D eigenvalue weighted by Crippen LogP contribution is -2.33. The molecule has 0 aliphatic carbocycles. The van der Waals surface area contributed by atoms with Crippen molar-refractivity contribution in [3.8, 4) is 5.88 Å². The topological polar surface area (TPSA) is 110 Å². The normalized spacial score (nSPS) is 16.4. The highest BCUT2D eigenvalue weighted by molar-refractivity contribution is 6.30. The monoisotopic (exact) mass is 695 g/mol. The zero-order valence-corrected chi connectivity index (χ0v) is 27.6. The summed E-state index contributed by atoms with van der Waals surface area (Å²) in [4.78, 5) is 25.1. The number of hydrogen-bond donors (Lipinski definition) is 2. The van der Waals surface area contributed by atoms with E-state index >= 15 is 0 Å². The summed E-state index contributed by atoms with van der Waals surface area (Å²) >= 11 is 5.87. The predicted octanol–water partition coefficient (Wildman–Crippen LogP) is 7.15. The lowest BCUT2D eigenvalue weighted by Gasteiger charge is -2.29. The van der Waals surface area contributed by atoms with Crippen LogP contribution in [0.25, 0.3) is 27.5 Å². The second kappa shape index (κ2) is 13.6. The van der Waals surface area contributed by atoms with Gasteiger partial charge < -0.3 is 19.4 Å². The van der Waals surface area contributed by atoms with Crippen LogP contribution in [0.2, 0.25) is 5.02 Å². The molecule has 0 spiro atoms. The van der Waals surface area contributed by atoms with Gasteiger partial charge in [-0.15, -0.1) is 0 Å². The number of nitrogens with zero attached hydrogens (tertiary/aromatic N) is 5. The third-order valence-electron chi connectivity index (χ3n) is 9.13. The number of rotatable bonds is 10. The molecule has 5 heterocycles. The molecule has 1 saturated heterocycles. The Hall–Kier alpha value is -5.17. The Balaban J connectivity index is 0.969. The van der Waals surface area contributed by atoms with Gasteiger partial charge in [-0.2, -0.15) is 5.10 Å². The summed E-state index contributed by atoms with van der Waals surface area (Å²) in [5.74, 6) is -0.0365. The maximum atomic E-state index is 14.5. The van der Waals surface area contributed by atoms with Gasteiger partial charge in [0.25, 0.3) is 5.91 Å². The van der Waals surface area contributed by atoms with E-state index in [0.29, 0.717) is 47.2 Å². The maximum absolute atomic E-state index is 14.5. The number of pyridine rings is 1. The van der Waals surface area contributed by atoms with Crippen LogP contribution >= 0.6 is 11.6 Å². The van der Waals surface area contributed by atoms with Crippen LogP contribution < -0.4 is 10.1 Å². The van der Waals surface area contributed by atoms with Crippen molar-refractivity contribution in [1.29, 1.82) is 0 Å². The summed E-state index contributed by atoms with van der Waals surface area (Å²) in [6.45, 7) is 3.58. The van der Waals surface area contributed by atoms with Crippen molar-refractivity contribution in [1.82, 2.24) is 29.6 Å². The Labute approximate surface area is 290 Å². The van der Waals surface area contributed by atoms with Gasteiger partial charge in [-0.05, 0) is 66.9 Å². The minimum atomic E-state index is -0.537. The minimum Gasteiger partial charge on any atom is -0.473 e. The van der Waals surface area contributed by atoms with Gasteiger partial charge in [0, 0.05) is 53.0 Å². The molecule has 50 heavy (non-hydrogen) atoms. The largest absolute Gasteiger partial charge is 0.473 e. The minimum absolute atomic E-state index is 0.0509. The van der Waals surface area contributed by atoms with Gasteiger partial charge in [0.15, 0.2) is 0 Å². The van der Waals surface area contributed by atoms with Crippen molar-refractivity contribution in [3.63, 3.8) is 0 Å². The van der Waals surface area contributed by atoms with Crippen LogP contribution in [0.15, 0.2) is 79.0 Å². The Bertz CT molecular complexity index is 2270. The van der Waals surface area contributed by atoms with E-state index in [-0.39, 0.29) is 23.8 Å². The Morgan fingerprint density at radius 3 is 2.78 bits per heavy atom. The highest BCUT2D eigenvalue weighted by Crippen LogP contribution is 2.28. The quantitative estimate of drug-likeness (QED) is 0.157. The molecule has 0 unspecified atom stereocenters. The summed E-state index contributed by atoms with van der Waals surface area (Å²) in [5.41, 5.74) is 5.11. The number of carbonyl (C=O) groups excluding carboxylic acids is 1. The Morgan fingerprint density at radius 2 is 1.98 bits per heavy atom. The number of hydrogen-bond acceptors (Lipinski definition) is 7. The van der Waals surface area contributed by atoms with Crippen molar-refractivity contribution in [2.45, 2.75) is 38.6 Å². The number of aromatic nitrogens is 5. The molecule has 3 aromatic carbocycles. The summed E-state index contributed by atoms with van der Waals surface area (Å²) in [7, 11) is 0. The number of imidazole rings is 1. The molecule has 1 atom stereocenters. The average Bonchev–Trinajstić information content (AvgIpc) is 3.71. The lowest BCUT2D eigenvalue weighted by atomic mass is 10.0. The molecule has 3 aromatic heterocycles. The predicted molar refractivity (Wildman–Crippen MR) is 186 cm³/mol. The SMILES string of the molecule is O=C(Nc1ccc2nc(CN3CC=C(c4cccc(OCc5ccc(Cl)cc5F)n4)CC3)n(C[C@@H]3CCO3)c2c1)c1cc(F)c2[nH]ncc2c1. The van der Waals surface area contributed by atoms with Gasteiger partial charge in [0.2, 0.25) is 5.88 Å². The van der Waals surface area contributed by atoms with Crippen LogP contribution in [-0.4, -0.2) is 61.3 Å². The van der Waals surface area contributed by atoms with Crippen LogP contribution in [0.1, 0.15) is 40.3 Å². The van der Waals surface area contributed by atoms with Crippen molar-refractivity contribution >= 4 is 50.7 Å². The van der Waals surface area contributed by atoms with Crippen LogP contribution in [0.3, 0.4) is 0 Å². The molecule has 10 nitrogen and oxygen atoms in total. The number of anilines is 1. The van der Waals surface area contributed by atoms with E-state index in [1.807, 2.05) is 24.3 Å². The van der Waals surface area contributed by atoms with Crippen molar-refractivity contribution in [2.75, 3.05) is 25.0 Å². The number of H-pyrrole nitrogens is 1. The standard InChI is InChI=1S/C37H32ClF2N7O3/c38-26-5-4-23(29(39)16-26)21-50-35-3-1-2-31(44-35)22-8-11-46(12-9-22)20-34-43-32-7-6-27(17-33(32)47(34)19-28-10-13-49-28)42-37(48)24-14-25-18-41-45-36(25)30(40)15-24/h1-8,14-18,28H,9-13,19-21H2,(H,41,45)(H,42,48)/t28-/m0/s1. The number of aromatic amines is 1. The van der Waals surface area contributed by atoms with Crippen molar-refractivity contribution < 1.29 is 23.0 Å². The van der Waals surface area contributed by atoms with Gasteiger partial charge >= 0.3 is 0 Å². The van der Waals surface area contributed by atoms with Gasteiger partial charge in [-0.1, -0.05) is 29.8 Å². The first-order chi connectivity index (χ1) is 24.4. The molecular weight excluding hydrogens is 664 g/mol. The number of carbonyl (C=O) groups is 1. The number of fused-ring (bicyclic) bond motifs is 2. The molecule has 0 bridgehead atoms. The maximum Gasteiger partial charge on any atom is 0.255 e. The molecule has 13 heteroatoms. The summed E-state index contributed by atoms with van der Waals surface area (Å²) in [6.07, 6.45) is 5.52. The molecule has 1 fully saturated rings. The first-order valence-electron chi connectivity index (χ1n) is 16.4. The molecule has 6 aromatic rings. The third kappa shape index (κ3) is 6.69. The van der Waals surface area contributed by atoms with Gasteiger partial charge in [-0.25, -0.2) is 18.7 Å². The highest BCUT2D eigenvalue weighted by atomic mass is 35.5. The molecule has 1 amide bonds. The third-order valence-corrected chi connectivity index (χ3v) is 9.36. The van der Waals surface area contributed by atoms with E-state index < -0.39 is 17.5 Å². The van der Waals surface area contributed by atoms with E-state index in [2.05, 4.69) is 36.0 Å². The van der Waals surface area contributed by atoms with Crippen LogP contribution in [0, 0.1) is 11.6 Å². The lowest BCUT2D eigenvalue weighted by molar-refractivity contribution is -0.0591. The first-order valence-corrected chi connectivity index (χ1v) is 16.7. The van der Waals surface area contributed by atoms with E-state index in [4.69, 9.17) is 26.1 Å². The average molecular weight is 696 g/mol. The molecule has 2 N–H and O–H groups in total. The zero-order chi connectivity index (χ0) is 34.2. The number of nitrogens with one attached hydrogen (secondary N) is 2. The molecule has 2 aliphatic rings. The van der Waals surface area contributed by atoms with E-state index in [0.717, 1.165) is 54.1 Å². The van der Waals surface area contributed by atoms with Crippen molar-refractivity contribution in [2.24, 2.45) is 0 Å². The second-order valence-electron chi connectivity index (χ2n) is 12.5. The van der Waals surface area contributed by atoms with Crippen molar-refractivity contribution in [3.05, 3.63) is 118 Å².